The van der Waals surface area contributed by atoms with Crippen LogP contribution in [0.4, 0.5) is 13.2 Å². The average Bonchev–Trinajstić information content (AvgIpc) is 2.25. The summed E-state index contributed by atoms with van der Waals surface area (Å²) in [5, 5.41) is 8.77. The van der Waals surface area contributed by atoms with Crippen molar-refractivity contribution in [1.82, 2.24) is 0 Å². The Hall–Kier alpha value is -1.27. The third-order valence-corrected chi connectivity index (χ3v) is 3.39. The minimum atomic E-state index is -4.45. The van der Waals surface area contributed by atoms with Crippen molar-refractivity contribution in [2.45, 2.75) is 37.9 Å². The quantitative estimate of drug-likeness (QED) is 0.892. The van der Waals surface area contributed by atoms with Crippen molar-refractivity contribution < 1.29 is 23.1 Å². The second-order valence-corrected chi connectivity index (χ2v) is 5.54. The van der Waals surface area contributed by atoms with Crippen molar-refractivity contribution in [2.75, 3.05) is 0 Å². The molecule has 0 bridgehead atoms. The Bertz CT molecular complexity index is 515. The van der Waals surface area contributed by atoms with Gasteiger partial charge in [-0.1, -0.05) is 17.7 Å². The highest BCUT2D eigenvalue weighted by molar-refractivity contribution is 6.30. The highest BCUT2D eigenvalue weighted by Gasteiger charge is 2.48. The molecule has 1 atom stereocenters. The van der Waals surface area contributed by atoms with E-state index in [0.717, 1.165) is 13.8 Å². The summed E-state index contributed by atoms with van der Waals surface area (Å²) in [7, 11) is 0. The number of benzene rings is 1. The molecule has 20 heavy (non-hydrogen) atoms. The van der Waals surface area contributed by atoms with Crippen LogP contribution in [0.5, 0.6) is 0 Å². The van der Waals surface area contributed by atoms with Crippen LogP contribution in [0.2, 0.25) is 5.02 Å². The number of rotatable bonds is 4. The van der Waals surface area contributed by atoms with Crippen molar-refractivity contribution in [1.29, 1.82) is 0 Å². The molecule has 0 aromatic heterocycles. The predicted octanol–water partition coefficient (Wildman–Crippen LogP) is 3.65. The SMILES string of the molecule is CC(C)(c1cc(Cl)cc([C@@H](N)CC(=O)O)c1)C(F)(F)F. The molecule has 0 radical (unpaired) electrons. The van der Waals surface area contributed by atoms with Gasteiger partial charge < -0.3 is 10.8 Å². The number of halogens is 4. The van der Waals surface area contributed by atoms with E-state index in [1.807, 2.05) is 0 Å². The zero-order valence-electron chi connectivity index (χ0n) is 11.0. The molecule has 0 aliphatic carbocycles. The lowest BCUT2D eigenvalue weighted by Crippen LogP contribution is -2.36. The molecule has 3 nitrogen and oxygen atoms in total. The Morgan fingerprint density at radius 2 is 1.90 bits per heavy atom. The van der Waals surface area contributed by atoms with E-state index in [0.29, 0.717) is 0 Å². The van der Waals surface area contributed by atoms with Gasteiger partial charge in [-0.3, -0.25) is 4.79 Å². The number of carboxylic acids is 1. The summed E-state index contributed by atoms with van der Waals surface area (Å²) in [6.45, 7) is 2.07. The van der Waals surface area contributed by atoms with Crippen LogP contribution in [-0.4, -0.2) is 17.3 Å². The third-order valence-electron chi connectivity index (χ3n) is 3.17. The van der Waals surface area contributed by atoms with Crippen LogP contribution in [0.25, 0.3) is 0 Å². The second kappa shape index (κ2) is 5.61. The first-order chi connectivity index (χ1) is 8.95. The van der Waals surface area contributed by atoms with Gasteiger partial charge in [0.2, 0.25) is 0 Å². The van der Waals surface area contributed by atoms with E-state index in [-0.39, 0.29) is 22.6 Å². The number of carboxylic acid groups (broad SMARTS) is 1. The van der Waals surface area contributed by atoms with Crippen molar-refractivity contribution in [3.63, 3.8) is 0 Å². The van der Waals surface area contributed by atoms with Crippen LogP contribution in [0.3, 0.4) is 0 Å². The molecule has 1 rings (SSSR count). The second-order valence-electron chi connectivity index (χ2n) is 5.10. The van der Waals surface area contributed by atoms with Gasteiger partial charge in [0.15, 0.2) is 0 Å². The molecule has 112 valence electrons. The number of hydrogen-bond acceptors (Lipinski definition) is 2. The van der Waals surface area contributed by atoms with Crippen LogP contribution < -0.4 is 5.73 Å². The Balaban J connectivity index is 3.25. The average molecular weight is 310 g/mol. The number of nitrogens with two attached hydrogens (primary N) is 1. The van der Waals surface area contributed by atoms with Crippen molar-refractivity contribution in [3.8, 4) is 0 Å². The van der Waals surface area contributed by atoms with Crippen LogP contribution >= 0.6 is 11.6 Å². The summed E-state index contributed by atoms with van der Waals surface area (Å²) >= 11 is 5.82. The highest BCUT2D eigenvalue weighted by Crippen LogP contribution is 2.41. The van der Waals surface area contributed by atoms with E-state index < -0.39 is 23.6 Å². The molecule has 1 aromatic carbocycles. The standard InChI is InChI=1S/C13H15ClF3NO2/c1-12(2,13(15,16)17)8-3-7(4-9(14)5-8)10(18)6-11(19)20/h3-5,10H,6,18H2,1-2H3,(H,19,20)/t10-/m0/s1. The Labute approximate surface area is 119 Å². The molecule has 0 fully saturated rings. The third kappa shape index (κ3) is 3.64. The van der Waals surface area contributed by atoms with E-state index in [9.17, 15) is 18.0 Å². The van der Waals surface area contributed by atoms with E-state index in [1.165, 1.54) is 18.2 Å². The predicted molar refractivity (Wildman–Crippen MR) is 69.7 cm³/mol. The van der Waals surface area contributed by atoms with Gasteiger partial charge in [-0.15, -0.1) is 0 Å². The van der Waals surface area contributed by atoms with Crippen LogP contribution in [0, 0.1) is 0 Å². The van der Waals surface area contributed by atoms with Gasteiger partial charge in [-0.25, -0.2) is 0 Å². The molecule has 3 N–H and O–H groups in total. The fourth-order valence-electron chi connectivity index (χ4n) is 1.66. The molecule has 0 heterocycles. The lowest BCUT2D eigenvalue weighted by molar-refractivity contribution is -0.180. The fraction of sp³-hybridized carbons (Fsp3) is 0.462. The molecule has 7 heteroatoms. The van der Waals surface area contributed by atoms with Crippen LogP contribution in [-0.2, 0) is 10.2 Å². The summed E-state index contributed by atoms with van der Waals surface area (Å²) in [6.07, 6.45) is -4.84. The van der Waals surface area contributed by atoms with E-state index in [1.54, 1.807) is 0 Å². The van der Waals surface area contributed by atoms with E-state index >= 15 is 0 Å². The smallest absolute Gasteiger partial charge is 0.397 e. The van der Waals surface area contributed by atoms with E-state index in [2.05, 4.69) is 0 Å². The van der Waals surface area contributed by atoms with Crippen molar-refractivity contribution in [2.24, 2.45) is 5.73 Å². The maximum absolute atomic E-state index is 13.0. The summed E-state index contributed by atoms with van der Waals surface area (Å²) < 4.78 is 39.1. The maximum Gasteiger partial charge on any atom is 0.397 e. The minimum absolute atomic E-state index is 0.0478. The van der Waals surface area contributed by atoms with Crippen LogP contribution in [0.15, 0.2) is 18.2 Å². The molecule has 0 spiro atoms. The van der Waals surface area contributed by atoms with Gasteiger partial charge in [-0.2, -0.15) is 13.2 Å². The number of aliphatic carboxylic acids is 1. The van der Waals surface area contributed by atoms with Crippen molar-refractivity contribution in [3.05, 3.63) is 34.3 Å². The zero-order valence-corrected chi connectivity index (χ0v) is 11.7. The topological polar surface area (TPSA) is 63.3 Å². The summed E-state index contributed by atoms with van der Waals surface area (Å²) in [6, 6.07) is 2.94. The Kier molecular flexibility index (Phi) is 4.71. The van der Waals surface area contributed by atoms with Gasteiger partial charge in [0.1, 0.15) is 0 Å². The van der Waals surface area contributed by atoms with Crippen LogP contribution in [0.1, 0.15) is 37.4 Å². The normalized spacial score (nSPS) is 14.2. The molecule has 0 saturated heterocycles. The summed E-state index contributed by atoms with van der Waals surface area (Å²) in [5.41, 5.74) is 3.79. The highest BCUT2D eigenvalue weighted by atomic mass is 35.5. The largest absolute Gasteiger partial charge is 0.481 e. The van der Waals surface area contributed by atoms with Gasteiger partial charge in [-0.05, 0) is 37.1 Å². The molecule has 1 aromatic rings. The number of carbonyl (C=O) groups is 1. The minimum Gasteiger partial charge on any atom is -0.481 e. The van der Waals surface area contributed by atoms with E-state index in [4.69, 9.17) is 22.4 Å². The summed E-state index contributed by atoms with van der Waals surface area (Å²) in [4.78, 5) is 10.6. The molecule has 0 amide bonds. The zero-order chi connectivity index (χ0) is 15.7. The van der Waals surface area contributed by atoms with Gasteiger partial charge in [0, 0.05) is 11.1 Å². The first-order valence-corrected chi connectivity index (χ1v) is 6.18. The molecular weight excluding hydrogens is 295 g/mol. The maximum atomic E-state index is 13.0. The lowest BCUT2D eigenvalue weighted by atomic mass is 9.82. The first kappa shape index (κ1) is 16.8. The molecule has 0 aliphatic rings. The Morgan fingerprint density at radius 3 is 2.35 bits per heavy atom. The lowest BCUT2D eigenvalue weighted by Gasteiger charge is -2.29. The fourth-order valence-corrected chi connectivity index (χ4v) is 1.90. The van der Waals surface area contributed by atoms with Gasteiger partial charge in [0.05, 0.1) is 11.8 Å². The van der Waals surface area contributed by atoms with Gasteiger partial charge in [0.25, 0.3) is 0 Å². The number of alkyl halides is 3. The van der Waals surface area contributed by atoms with Gasteiger partial charge >= 0.3 is 12.1 Å². The molecule has 0 saturated carbocycles. The molecule has 0 unspecified atom stereocenters. The first-order valence-electron chi connectivity index (χ1n) is 5.80. The monoisotopic (exact) mass is 309 g/mol. The molecule has 0 aliphatic heterocycles. The van der Waals surface area contributed by atoms with Crippen molar-refractivity contribution >= 4 is 17.6 Å². The number of hydrogen-bond donors (Lipinski definition) is 2. The molecular formula is C13H15ClF3NO2. The Morgan fingerprint density at radius 1 is 1.35 bits per heavy atom. The summed E-state index contributed by atoms with van der Waals surface area (Å²) in [5.74, 6) is -1.13.